The SMILES string of the molecule is CC/C(=C\c1ccccc1)[C@@H]1C[C@H]1NC1CC2(CCN(C[C@@H](O)CO)CC2)C1.Cl.Cl. The van der Waals surface area contributed by atoms with Crippen LogP contribution in [0.1, 0.15) is 51.0 Å². The van der Waals surface area contributed by atoms with Gasteiger partial charge in [-0.05, 0) is 68.5 Å². The zero-order valence-corrected chi connectivity index (χ0v) is 19.6. The Balaban J connectivity index is 0.00000160. The number of hydrogen-bond acceptors (Lipinski definition) is 4. The van der Waals surface area contributed by atoms with Crippen molar-refractivity contribution in [2.45, 2.75) is 63.6 Å². The van der Waals surface area contributed by atoms with Crippen molar-refractivity contribution in [3.63, 3.8) is 0 Å². The van der Waals surface area contributed by atoms with Crippen LogP contribution >= 0.6 is 24.8 Å². The second-order valence-corrected chi connectivity index (χ2v) is 9.34. The van der Waals surface area contributed by atoms with E-state index in [1.807, 2.05) is 0 Å². The molecule has 0 bridgehead atoms. The minimum absolute atomic E-state index is 0. The summed E-state index contributed by atoms with van der Waals surface area (Å²) in [5.74, 6) is 0.726. The van der Waals surface area contributed by atoms with Crippen LogP contribution < -0.4 is 5.32 Å². The third kappa shape index (κ3) is 6.21. The molecule has 4 nitrogen and oxygen atoms in total. The molecule has 1 heterocycles. The van der Waals surface area contributed by atoms with Crippen LogP contribution in [-0.2, 0) is 0 Å². The second-order valence-electron chi connectivity index (χ2n) is 9.34. The molecule has 170 valence electrons. The molecule has 0 radical (unpaired) electrons. The van der Waals surface area contributed by atoms with Crippen molar-refractivity contribution in [3.8, 4) is 0 Å². The van der Waals surface area contributed by atoms with Gasteiger partial charge in [0.15, 0.2) is 0 Å². The predicted octanol–water partition coefficient (Wildman–Crippen LogP) is 3.90. The number of halogens is 2. The number of likely N-dealkylation sites (tertiary alicyclic amines) is 1. The lowest BCUT2D eigenvalue weighted by Gasteiger charge is -2.53. The van der Waals surface area contributed by atoms with Crippen LogP contribution in [0.2, 0.25) is 0 Å². The maximum atomic E-state index is 9.64. The standard InChI is InChI=1S/C24H36N2O2.2ClH/c1-2-19(12-18-6-4-3-5-7-18)22-13-23(22)25-20-14-24(15-20)8-10-26(11-9-24)16-21(28)17-27;;/h3-7,12,20-23,25,27-28H,2,8-11,13-17H2,1H3;2*1H/b19-12+;;/t21-,22+,23-;;/m1../s1. The van der Waals surface area contributed by atoms with Crippen molar-refractivity contribution in [2.75, 3.05) is 26.2 Å². The number of rotatable bonds is 8. The number of aliphatic hydroxyl groups excluding tert-OH is 2. The minimum Gasteiger partial charge on any atom is -0.394 e. The molecule has 3 atom stereocenters. The summed E-state index contributed by atoms with van der Waals surface area (Å²) in [6.07, 6.45) is 9.35. The molecule has 3 fully saturated rings. The molecule has 1 saturated heterocycles. The Kier molecular flexibility index (Phi) is 9.66. The van der Waals surface area contributed by atoms with Gasteiger partial charge in [0.2, 0.25) is 0 Å². The quantitative estimate of drug-likeness (QED) is 0.554. The highest BCUT2D eigenvalue weighted by atomic mass is 35.5. The number of piperidine rings is 1. The summed E-state index contributed by atoms with van der Waals surface area (Å²) in [5.41, 5.74) is 3.45. The average Bonchev–Trinajstić information content (AvgIpc) is 3.46. The Morgan fingerprint density at radius 2 is 1.87 bits per heavy atom. The molecule has 30 heavy (non-hydrogen) atoms. The maximum Gasteiger partial charge on any atom is 0.0897 e. The zero-order chi connectivity index (χ0) is 19.6. The zero-order valence-electron chi connectivity index (χ0n) is 18.0. The van der Waals surface area contributed by atoms with Crippen molar-refractivity contribution in [2.24, 2.45) is 11.3 Å². The van der Waals surface area contributed by atoms with Gasteiger partial charge in [0.25, 0.3) is 0 Å². The van der Waals surface area contributed by atoms with Crippen LogP contribution in [0.3, 0.4) is 0 Å². The highest BCUT2D eigenvalue weighted by Crippen LogP contribution is 2.51. The summed E-state index contributed by atoms with van der Waals surface area (Å²) in [6.45, 7) is 4.90. The molecule has 1 spiro atoms. The van der Waals surface area contributed by atoms with E-state index in [1.165, 1.54) is 37.7 Å². The first kappa shape index (κ1) is 25.6. The topological polar surface area (TPSA) is 55.7 Å². The van der Waals surface area contributed by atoms with Gasteiger partial charge in [-0.1, -0.05) is 48.9 Å². The lowest BCUT2D eigenvalue weighted by Crippen LogP contribution is -2.55. The van der Waals surface area contributed by atoms with E-state index in [4.69, 9.17) is 5.11 Å². The molecule has 0 unspecified atom stereocenters. The number of nitrogens with zero attached hydrogens (tertiary/aromatic N) is 1. The predicted molar refractivity (Wildman–Crippen MR) is 128 cm³/mol. The molecule has 3 aliphatic rings. The number of nitrogens with one attached hydrogen (secondary N) is 1. The Hall–Kier alpha value is -0.620. The molecule has 3 N–H and O–H groups in total. The summed E-state index contributed by atoms with van der Waals surface area (Å²) < 4.78 is 0. The summed E-state index contributed by atoms with van der Waals surface area (Å²) in [7, 11) is 0. The molecule has 2 aliphatic carbocycles. The third-order valence-corrected chi connectivity index (χ3v) is 7.23. The van der Waals surface area contributed by atoms with E-state index in [0.29, 0.717) is 24.0 Å². The smallest absolute Gasteiger partial charge is 0.0897 e. The van der Waals surface area contributed by atoms with Crippen molar-refractivity contribution in [1.29, 1.82) is 0 Å². The second kappa shape index (κ2) is 11.3. The number of hydrogen-bond donors (Lipinski definition) is 3. The fourth-order valence-electron chi connectivity index (χ4n) is 5.40. The Bertz CT molecular complexity index is 669. The van der Waals surface area contributed by atoms with Crippen molar-refractivity contribution >= 4 is 30.9 Å². The normalized spacial score (nSPS) is 27.0. The van der Waals surface area contributed by atoms with Crippen LogP contribution in [0.5, 0.6) is 0 Å². The van der Waals surface area contributed by atoms with E-state index in [9.17, 15) is 5.11 Å². The lowest BCUT2D eigenvalue weighted by atomic mass is 9.60. The van der Waals surface area contributed by atoms with Crippen molar-refractivity contribution in [1.82, 2.24) is 10.2 Å². The lowest BCUT2D eigenvalue weighted by molar-refractivity contribution is -0.0145. The number of aliphatic hydroxyl groups is 2. The van der Waals surface area contributed by atoms with Crippen molar-refractivity contribution in [3.05, 3.63) is 41.5 Å². The average molecular weight is 457 g/mol. The molecule has 0 aromatic heterocycles. The fraction of sp³-hybridized carbons (Fsp3) is 0.667. The van der Waals surface area contributed by atoms with Gasteiger partial charge in [0.05, 0.1) is 12.7 Å². The van der Waals surface area contributed by atoms with Gasteiger partial charge < -0.3 is 20.4 Å². The highest BCUT2D eigenvalue weighted by Gasteiger charge is 2.49. The van der Waals surface area contributed by atoms with Gasteiger partial charge in [-0.15, -0.1) is 24.8 Å². The summed E-state index contributed by atoms with van der Waals surface area (Å²) in [6, 6.07) is 12.1. The van der Waals surface area contributed by atoms with Gasteiger partial charge in [0, 0.05) is 18.6 Å². The summed E-state index contributed by atoms with van der Waals surface area (Å²) >= 11 is 0. The van der Waals surface area contributed by atoms with Gasteiger partial charge >= 0.3 is 0 Å². The van der Waals surface area contributed by atoms with E-state index in [0.717, 1.165) is 25.4 Å². The van der Waals surface area contributed by atoms with Crippen LogP contribution in [0.25, 0.3) is 6.08 Å². The van der Waals surface area contributed by atoms with Crippen LogP contribution in [-0.4, -0.2) is 59.5 Å². The Labute approximate surface area is 193 Å². The van der Waals surface area contributed by atoms with E-state index in [-0.39, 0.29) is 31.4 Å². The number of β-amino-alcohol motifs (C(OH)–C–C–N with tert-alkyl or cyclic N) is 1. The van der Waals surface area contributed by atoms with Crippen molar-refractivity contribution < 1.29 is 10.2 Å². The van der Waals surface area contributed by atoms with E-state index < -0.39 is 6.10 Å². The Morgan fingerprint density at radius 1 is 1.20 bits per heavy atom. The maximum absolute atomic E-state index is 9.64. The van der Waals surface area contributed by atoms with Gasteiger partial charge in [-0.2, -0.15) is 0 Å². The van der Waals surface area contributed by atoms with Gasteiger partial charge in [-0.3, -0.25) is 0 Å². The molecule has 6 heteroatoms. The minimum atomic E-state index is -0.589. The molecule has 0 amide bonds. The fourth-order valence-corrected chi connectivity index (χ4v) is 5.40. The molecule has 1 aromatic rings. The molecule has 2 saturated carbocycles. The first-order valence-electron chi connectivity index (χ1n) is 11.1. The monoisotopic (exact) mass is 456 g/mol. The Morgan fingerprint density at radius 3 is 2.47 bits per heavy atom. The van der Waals surface area contributed by atoms with E-state index in [1.54, 1.807) is 5.57 Å². The van der Waals surface area contributed by atoms with E-state index >= 15 is 0 Å². The number of benzene rings is 1. The molecule has 4 rings (SSSR count). The van der Waals surface area contributed by atoms with Gasteiger partial charge in [-0.25, -0.2) is 0 Å². The first-order chi connectivity index (χ1) is 13.6. The molecular formula is C24H38Cl2N2O2. The summed E-state index contributed by atoms with van der Waals surface area (Å²) in [5, 5.41) is 22.6. The van der Waals surface area contributed by atoms with Crippen LogP contribution in [0.15, 0.2) is 35.9 Å². The van der Waals surface area contributed by atoms with Crippen LogP contribution in [0.4, 0.5) is 0 Å². The first-order valence-corrected chi connectivity index (χ1v) is 11.1. The van der Waals surface area contributed by atoms with Crippen LogP contribution in [0, 0.1) is 11.3 Å². The summed E-state index contributed by atoms with van der Waals surface area (Å²) in [4.78, 5) is 2.31. The molecular weight excluding hydrogens is 419 g/mol. The largest absolute Gasteiger partial charge is 0.394 e. The van der Waals surface area contributed by atoms with E-state index in [2.05, 4.69) is 53.5 Å². The highest BCUT2D eigenvalue weighted by molar-refractivity contribution is 5.85. The van der Waals surface area contributed by atoms with Gasteiger partial charge in [0.1, 0.15) is 0 Å². The third-order valence-electron chi connectivity index (χ3n) is 7.23. The molecule has 1 aromatic carbocycles. The molecule has 1 aliphatic heterocycles.